The van der Waals surface area contributed by atoms with Gasteiger partial charge in [-0.1, -0.05) is 5.92 Å². The first-order chi connectivity index (χ1) is 5.26. The molecule has 11 heavy (non-hydrogen) atoms. The molecule has 0 aromatic carbocycles. The van der Waals surface area contributed by atoms with E-state index in [1.54, 1.807) is 0 Å². The molecule has 1 saturated heterocycles. The van der Waals surface area contributed by atoms with E-state index in [-0.39, 0.29) is 18.8 Å². The van der Waals surface area contributed by atoms with Crippen molar-refractivity contribution in [2.45, 2.75) is 31.2 Å². The lowest BCUT2D eigenvalue weighted by Gasteiger charge is -2.29. The van der Waals surface area contributed by atoms with Crippen LogP contribution in [0.2, 0.25) is 0 Å². The van der Waals surface area contributed by atoms with Crippen LogP contribution in [-0.2, 0) is 4.74 Å². The minimum absolute atomic E-state index is 0.0742. The SMILES string of the molecule is C#CC1CC(O)CC(CO)O1. The third-order valence-corrected chi connectivity index (χ3v) is 1.77. The summed E-state index contributed by atoms with van der Waals surface area (Å²) < 4.78 is 5.21. The molecule has 1 fully saturated rings. The van der Waals surface area contributed by atoms with E-state index in [2.05, 4.69) is 5.92 Å². The van der Waals surface area contributed by atoms with Gasteiger partial charge in [-0.3, -0.25) is 0 Å². The molecule has 62 valence electrons. The van der Waals surface area contributed by atoms with Crippen LogP contribution in [-0.4, -0.2) is 35.1 Å². The lowest BCUT2D eigenvalue weighted by molar-refractivity contribution is -0.0900. The summed E-state index contributed by atoms with van der Waals surface area (Å²) >= 11 is 0. The lowest BCUT2D eigenvalue weighted by Crippen LogP contribution is -2.36. The number of ether oxygens (including phenoxy) is 1. The van der Waals surface area contributed by atoms with E-state index in [1.165, 1.54) is 0 Å². The fraction of sp³-hybridized carbons (Fsp3) is 0.750. The predicted molar refractivity (Wildman–Crippen MR) is 39.8 cm³/mol. The van der Waals surface area contributed by atoms with Crippen molar-refractivity contribution in [1.82, 2.24) is 0 Å². The van der Waals surface area contributed by atoms with Crippen molar-refractivity contribution in [3.05, 3.63) is 0 Å². The average Bonchev–Trinajstić information content (AvgIpc) is 2.03. The highest BCUT2D eigenvalue weighted by atomic mass is 16.5. The Balaban J connectivity index is 2.45. The zero-order valence-corrected chi connectivity index (χ0v) is 6.23. The van der Waals surface area contributed by atoms with Gasteiger partial charge in [0.25, 0.3) is 0 Å². The van der Waals surface area contributed by atoms with E-state index >= 15 is 0 Å². The minimum Gasteiger partial charge on any atom is -0.394 e. The van der Waals surface area contributed by atoms with Gasteiger partial charge in [0.05, 0.1) is 18.8 Å². The van der Waals surface area contributed by atoms with E-state index in [0.29, 0.717) is 12.8 Å². The van der Waals surface area contributed by atoms with Crippen LogP contribution in [0.25, 0.3) is 0 Å². The molecule has 0 spiro atoms. The molecule has 2 N–H and O–H groups in total. The van der Waals surface area contributed by atoms with Crippen LogP contribution in [0.5, 0.6) is 0 Å². The van der Waals surface area contributed by atoms with Crippen molar-refractivity contribution in [3.63, 3.8) is 0 Å². The van der Waals surface area contributed by atoms with Crippen LogP contribution in [0, 0.1) is 12.3 Å². The number of rotatable bonds is 1. The molecule has 3 nitrogen and oxygen atoms in total. The van der Waals surface area contributed by atoms with Gasteiger partial charge in [-0.15, -0.1) is 6.42 Å². The smallest absolute Gasteiger partial charge is 0.120 e. The van der Waals surface area contributed by atoms with Crippen molar-refractivity contribution < 1.29 is 14.9 Å². The number of aliphatic hydroxyl groups is 2. The summed E-state index contributed by atoms with van der Waals surface area (Å²) in [4.78, 5) is 0. The summed E-state index contributed by atoms with van der Waals surface area (Å²) in [6.45, 7) is -0.0742. The molecule has 0 aromatic rings. The maximum Gasteiger partial charge on any atom is 0.120 e. The minimum atomic E-state index is -0.429. The van der Waals surface area contributed by atoms with Gasteiger partial charge in [0.1, 0.15) is 6.10 Å². The molecule has 1 aliphatic heterocycles. The molecule has 0 aromatic heterocycles. The Kier molecular flexibility index (Phi) is 2.89. The Morgan fingerprint density at radius 3 is 2.82 bits per heavy atom. The molecular weight excluding hydrogens is 144 g/mol. The molecule has 0 saturated carbocycles. The second-order valence-electron chi connectivity index (χ2n) is 2.72. The zero-order chi connectivity index (χ0) is 8.27. The van der Waals surface area contributed by atoms with E-state index in [0.717, 1.165) is 0 Å². The van der Waals surface area contributed by atoms with Crippen molar-refractivity contribution in [2.75, 3.05) is 6.61 Å². The van der Waals surface area contributed by atoms with Crippen LogP contribution in [0.15, 0.2) is 0 Å². The Hall–Kier alpha value is -0.560. The first-order valence-electron chi connectivity index (χ1n) is 3.66. The fourth-order valence-electron chi connectivity index (χ4n) is 1.22. The summed E-state index contributed by atoms with van der Waals surface area (Å²) in [6.07, 6.45) is 5.02. The maximum absolute atomic E-state index is 9.23. The van der Waals surface area contributed by atoms with Crippen molar-refractivity contribution in [2.24, 2.45) is 0 Å². The summed E-state index contributed by atoms with van der Waals surface area (Å²) in [7, 11) is 0. The Labute approximate surface area is 66.0 Å². The molecule has 3 heteroatoms. The monoisotopic (exact) mass is 156 g/mol. The molecular formula is C8H12O3. The second-order valence-corrected chi connectivity index (χ2v) is 2.72. The summed E-state index contributed by atoms with van der Waals surface area (Å²) in [5.74, 6) is 2.41. The van der Waals surface area contributed by atoms with Crippen LogP contribution in [0.4, 0.5) is 0 Å². The first kappa shape index (κ1) is 8.54. The van der Waals surface area contributed by atoms with Gasteiger partial charge in [-0.2, -0.15) is 0 Å². The van der Waals surface area contributed by atoms with Gasteiger partial charge in [0.2, 0.25) is 0 Å². The third-order valence-electron chi connectivity index (χ3n) is 1.77. The van der Waals surface area contributed by atoms with Crippen molar-refractivity contribution >= 4 is 0 Å². The largest absolute Gasteiger partial charge is 0.394 e. The van der Waals surface area contributed by atoms with E-state index in [4.69, 9.17) is 16.3 Å². The Bertz CT molecular complexity index is 161. The van der Waals surface area contributed by atoms with Crippen molar-refractivity contribution in [1.29, 1.82) is 0 Å². The molecule has 1 heterocycles. The highest BCUT2D eigenvalue weighted by Crippen LogP contribution is 2.18. The molecule has 0 radical (unpaired) electrons. The van der Waals surface area contributed by atoms with Gasteiger partial charge in [0.15, 0.2) is 0 Å². The Morgan fingerprint density at radius 2 is 2.27 bits per heavy atom. The van der Waals surface area contributed by atoms with Gasteiger partial charge in [-0.05, 0) is 0 Å². The maximum atomic E-state index is 9.23. The third kappa shape index (κ3) is 2.19. The molecule has 0 amide bonds. The number of terminal acetylenes is 1. The van der Waals surface area contributed by atoms with Crippen molar-refractivity contribution in [3.8, 4) is 12.3 Å². The zero-order valence-electron chi connectivity index (χ0n) is 6.23. The van der Waals surface area contributed by atoms with Crippen LogP contribution >= 0.6 is 0 Å². The van der Waals surface area contributed by atoms with Gasteiger partial charge in [-0.25, -0.2) is 0 Å². The molecule has 1 rings (SSSR count). The quantitative estimate of drug-likeness (QED) is 0.504. The van der Waals surface area contributed by atoms with Crippen LogP contribution in [0.3, 0.4) is 0 Å². The molecule has 0 bridgehead atoms. The fourth-order valence-corrected chi connectivity index (χ4v) is 1.22. The van der Waals surface area contributed by atoms with Crippen LogP contribution in [0.1, 0.15) is 12.8 Å². The Morgan fingerprint density at radius 1 is 1.55 bits per heavy atom. The second kappa shape index (κ2) is 3.72. The molecule has 3 atom stereocenters. The van der Waals surface area contributed by atoms with E-state index in [1.807, 2.05) is 0 Å². The van der Waals surface area contributed by atoms with Gasteiger partial charge < -0.3 is 14.9 Å². The highest BCUT2D eigenvalue weighted by Gasteiger charge is 2.26. The molecule has 1 aliphatic rings. The van der Waals surface area contributed by atoms with Gasteiger partial charge >= 0.3 is 0 Å². The van der Waals surface area contributed by atoms with Crippen LogP contribution < -0.4 is 0 Å². The lowest BCUT2D eigenvalue weighted by atomic mass is 10.0. The normalized spacial score (nSPS) is 38.1. The highest BCUT2D eigenvalue weighted by molar-refractivity contribution is 4.98. The topological polar surface area (TPSA) is 49.7 Å². The summed E-state index contributed by atoms with van der Waals surface area (Å²) in [5.41, 5.74) is 0. The van der Waals surface area contributed by atoms with E-state index < -0.39 is 6.10 Å². The molecule has 0 aliphatic carbocycles. The average molecular weight is 156 g/mol. The number of hydrogen-bond donors (Lipinski definition) is 2. The van der Waals surface area contributed by atoms with E-state index in [9.17, 15) is 5.11 Å². The summed E-state index contributed by atoms with van der Waals surface area (Å²) in [5, 5.41) is 17.9. The van der Waals surface area contributed by atoms with Gasteiger partial charge in [0, 0.05) is 12.8 Å². The first-order valence-corrected chi connectivity index (χ1v) is 3.66. The standard InChI is InChI=1S/C8H12O3/c1-2-7-3-6(10)4-8(5-9)11-7/h1,6-10H,3-5H2. The molecule has 3 unspecified atom stereocenters. The predicted octanol–water partition coefficient (Wildman–Crippen LogP) is -0.480. The number of hydrogen-bond acceptors (Lipinski definition) is 3. The summed E-state index contributed by atoms with van der Waals surface area (Å²) in [6, 6.07) is 0. The number of aliphatic hydroxyl groups excluding tert-OH is 2.